The van der Waals surface area contributed by atoms with Crippen molar-refractivity contribution in [1.29, 1.82) is 0 Å². The largest absolute Gasteiger partial charge is 0.483 e. The molecule has 0 aromatic rings. The van der Waals surface area contributed by atoms with Crippen LogP contribution in [0.15, 0.2) is 0 Å². The Balaban J connectivity index is 3.32. The van der Waals surface area contributed by atoms with E-state index in [-0.39, 0.29) is 6.61 Å². The Morgan fingerprint density at radius 2 is 2.04 bits per heavy atom. The molecule has 3 N–H and O–H groups in total. The number of hydrogen-bond acceptors (Lipinski definition) is 13. The molecule has 1 aliphatic rings. The highest BCUT2D eigenvalue weighted by Crippen LogP contribution is 2.57. The van der Waals surface area contributed by atoms with Crippen LogP contribution in [0.2, 0.25) is 0 Å². The lowest BCUT2D eigenvalue weighted by molar-refractivity contribution is -0.166. The number of esters is 1. The van der Waals surface area contributed by atoms with Gasteiger partial charge in [0.1, 0.15) is 12.2 Å². The number of rotatable bonds is 9. The lowest BCUT2D eigenvalue weighted by Crippen LogP contribution is -2.51. The lowest BCUT2D eigenvalue weighted by Gasteiger charge is -2.30. The fraction of sp³-hybridized carbons (Fsp3) is 0.778. The summed E-state index contributed by atoms with van der Waals surface area (Å²) in [6, 6.07) is 0. The molecule has 1 fully saturated rings. The predicted molar refractivity (Wildman–Crippen MR) is 86.4 cm³/mol. The Morgan fingerprint density at radius 1 is 1.43 bits per heavy atom. The van der Waals surface area contributed by atoms with Gasteiger partial charge < -0.3 is 19.6 Å². The van der Waals surface area contributed by atoms with Gasteiger partial charge in [-0.15, -0.1) is 0 Å². The smallest absolute Gasteiger partial charge is 0.464 e. The molecule has 0 aromatic carbocycles. The van der Waals surface area contributed by atoms with Crippen molar-refractivity contribution in [3.05, 3.63) is 0 Å². The molecular formula is C9H16O15P4. The molecule has 0 saturated carbocycles. The molecule has 0 bridgehead atoms. The minimum absolute atomic E-state index is 0.296. The summed E-state index contributed by atoms with van der Waals surface area (Å²) in [5, 5.41) is 10.4. The van der Waals surface area contributed by atoms with Crippen molar-refractivity contribution < 1.29 is 69.7 Å². The van der Waals surface area contributed by atoms with E-state index in [1.165, 1.54) is 6.92 Å². The number of aliphatic hydroxyl groups excluding tert-OH is 1. The van der Waals surface area contributed by atoms with E-state index < -0.39 is 68.8 Å². The molecule has 0 radical (unpaired) electrons. The molecule has 19 heteroatoms. The first-order valence-electron chi connectivity index (χ1n) is 7.12. The zero-order valence-electron chi connectivity index (χ0n) is 14.1. The zero-order chi connectivity index (χ0) is 21.7. The predicted octanol–water partition coefficient (Wildman–Crippen LogP) is 0.499. The van der Waals surface area contributed by atoms with Gasteiger partial charge in [0, 0.05) is 0 Å². The summed E-state index contributed by atoms with van der Waals surface area (Å²) in [6.07, 6.45) is -9.16. The maximum Gasteiger partial charge on any atom is 0.483 e. The molecule has 0 amide bonds. The van der Waals surface area contributed by atoms with Gasteiger partial charge in [-0.1, -0.05) is 0 Å². The van der Waals surface area contributed by atoms with Gasteiger partial charge in [-0.25, -0.2) is 22.8 Å². The number of hydrogen-bond donors (Lipinski definition) is 3. The number of Topliss-reactive ketones (excluding diaryl/α,β-unsaturated/α-hetero) is 1. The van der Waals surface area contributed by atoms with Crippen molar-refractivity contribution in [2.75, 3.05) is 6.61 Å². The third-order valence-corrected chi connectivity index (χ3v) is 6.98. The topological polar surface area (TPSA) is 218 Å². The number of carbonyl (C=O) groups is 2. The first kappa shape index (κ1) is 25.6. The van der Waals surface area contributed by atoms with E-state index in [0.717, 1.165) is 6.92 Å². The number of carbonyl (C=O) groups excluding carboxylic acids is 2. The first-order valence-corrected chi connectivity index (χ1v) is 12.1. The molecule has 1 rings (SSSR count). The van der Waals surface area contributed by atoms with Gasteiger partial charge in [-0.05, 0) is 13.8 Å². The minimum atomic E-state index is -5.22. The van der Waals surface area contributed by atoms with Crippen LogP contribution in [-0.2, 0) is 54.8 Å². The van der Waals surface area contributed by atoms with Crippen LogP contribution in [0, 0.1) is 0 Å². The molecule has 0 aliphatic carbocycles. The van der Waals surface area contributed by atoms with Crippen LogP contribution < -0.4 is 0 Å². The number of ketones is 1. The van der Waals surface area contributed by atoms with E-state index >= 15 is 0 Å². The van der Waals surface area contributed by atoms with Crippen molar-refractivity contribution in [3.63, 3.8) is 0 Å². The molecule has 1 saturated heterocycles. The maximum atomic E-state index is 12.0. The summed E-state index contributed by atoms with van der Waals surface area (Å²) >= 11 is 0. The van der Waals surface area contributed by atoms with Gasteiger partial charge in [-0.2, -0.15) is 4.31 Å². The van der Waals surface area contributed by atoms with Crippen LogP contribution >= 0.6 is 32.6 Å². The fourth-order valence-corrected chi connectivity index (χ4v) is 5.06. The Bertz CT molecular complexity index is 722. The van der Waals surface area contributed by atoms with Crippen LogP contribution in [0.1, 0.15) is 13.8 Å². The van der Waals surface area contributed by atoms with Crippen LogP contribution in [0.3, 0.4) is 0 Å². The second-order valence-corrected chi connectivity index (χ2v) is 9.49. The summed E-state index contributed by atoms with van der Waals surface area (Å²) in [4.78, 5) is 42.6. The normalized spacial score (nSPS) is 32.7. The molecule has 1 heterocycles. The highest BCUT2D eigenvalue weighted by atomic mass is 31.2. The summed E-state index contributed by atoms with van der Waals surface area (Å²) in [6.45, 7) is 1.90. The van der Waals surface area contributed by atoms with E-state index in [2.05, 4.69) is 26.9 Å². The zero-order valence-corrected chi connectivity index (χ0v) is 17.8. The molecule has 7 atom stereocenters. The molecule has 15 nitrogen and oxygen atoms in total. The Hall–Kier alpha value is -0.390. The first-order chi connectivity index (χ1) is 12.8. The van der Waals surface area contributed by atoms with Crippen molar-refractivity contribution in [3.8, 4) is 0 Å². The molecule has 0 aromatic heterocycles. The summed E-state index contributed by atoms with van der Waals surface area (Å²) < 4.78 is 71.4. The van der Waals surface area contributed by atoms with E-state index in [9.17, 15) is 42.7 Å². The van der Waals surface area contributed by atoms with Gasteiger partial charge in [0.25, 0.3) is 0 Å². The number of aliphatic hydroxyl groups is 1. The maximum absolute atomic E-state index is 12.0. The SMILES string of the molecule is CCOC(=O)[C@@H](OP(=O)(O)OP=O)[C@H](O)[C@@H]1OP(=O)(O)O[PH](=O)O[C@H]1C(C)=O. The Kier molecular flexibility index (Phi) is 9.69. The van der Waals surface area contributed by atoms with Crippen molar-refractivity contribution in [1.82, 2.24) is 0 Å². The average Bonchev–Trinajstić information content (AvgIpc) is 2.66. The van der Waals surface area contributed by atoms with Crippen molar-refractivity contribution in [2.45, 2.75) is 38.3 Å². The monoisotopic (exact) mass is 488 g/mol. The standard InChI is InChI=1S/C9H16O15P4/c1-3-19-9(12)8(22-27(15,16)23-25-13)5(11)7-6(4(2)10)20-26(14)24-28(17,18)21-7/h5-8,11,26H,3H2,1-2H3,(H,15,16)(H,17,18)/t5-,6+,7+,8+/m1/s1. The van der Waals surface area contributed by atoms with Crippen LogP contribution in [0.25, 0.3) is 0 Å². The van der Waals surface area contributed by atoms with Crippen LogP contribution in [0.5, 0.6) is 0 Å². The molecule has 3 unspecified atom stereocenters. The second kappa shape index (κ2) is 10.6. The summed E-state index contributed by atoms with van der Waals surface area (Å²) in [7, 11) is -15.4. The Labute approximate surface area is 159 Å². The van der Waals surface area contributed by atoms with Crippen molar-refractivity contribution in [2.24, 2.45) is 0 Å². The minimum Gasteiger partial charge on any atom is -0.464 e. The highest BCUT2D eigenvalue weighted by molar-refractivity contribution is 7.56. The Morgan fingerprint density at radius 3 is 2.54 bits per heavy atom. The molecule has 1 aliphatic heterocycles. The van der Waals surface area contributed by atoms with Gasteiger partial charge in [0.15, 0.2) is 18.0 Å². The van der Waals surface area contributed by atoms with Crippen LogP contribution in [0.4, 0.5) is 0 Å². The molecular weight excluding hydrogens is 472 g/mol. The number of phosphoric ester groups is 2. The van der Waals surface area contributed by atoms with Gasteiger partial charge in [0.2, 0.25) is 0 Å². The van der Waals surface area contributed by atoms with E-state index in [4.69, 9.17) is 0 Å². The quantitative estimate of drug-likeness (QED) is 0.297. The number of ether oxygens (including phenoxy) is 1. The summed E-state index contributed by atoms with van der Waals surface area (Å²) in [5.74, 6) is -2.45. The molecule has 0 spiro atoms. The number of phosphoric acid groups is 2. The average molecular weight is 488 g/mol. The van der Waals surface area contributed by atoms with E-state index in [0.29, 0.717) is 0 Å². The third kappa shape index (κ3) is 7.46. The second-order valence-electron chi connectivity index (χ2n) is 4.92. The fourth-order valence-electron chi connectivity index (χ4n) is 1.92. The van der Waals surface area contributed by atoms with Crippen LogP contribution in [-0.4, -0.2) is 57.7 Å². The van der Waals surface area contributed by atoms with E-state index in [1.54, 1.807) is 0 Å². The lowest BCUT2D eigenvalue weighted by atomic mass is 10.0. The van der Waals surface area contributed by atoms with Crippen molar-refractivity contribution >= 4 is 44.3 Å². The van der Waals surface area contributed by atoms with E-state index in [1.807, 2.05) is 0 Å². The molecule has 162 valence electrons. The third-order valence-electron chi connectivity index (χ3n) is 2.92. The van der Waals surface area contributed by atoms with Gasteiger partial charge in [-0.3, -0.25) is 22.9 Å². The molecule has 28 heavy (non-hydrogen) atoms. The summed E-state index contributed by atoms with van der Waals surface area (Å²) in [5.41, 5.74) is 0. The van der Waals surface area contributed by atoms with Gasteiger partial charge >= 0.3 is 38.6 Å². The highest BCUT2D eigenvalue weighted by Gasteiger charge is 2.50. The van der Waals surface area contributed by atoms with Gasteiger partial charge in [0.05, 0.1) is 6.61 Å².